The molecule has 0 aromatic rings. The zero-order chi connectivity index (χ0) is 10.1. The maximum Gasteiger partial charge on any atom is 0.291 e. The van der Waals surface area contributed by atoms with Crippen LogP contribution in [-0.2, 0) is 4.74 Å². The molecular formula is C10H18N2O. The summed E-state index contributed by atoms with van der Waals surface area (Å²) in [6.45, 7) is 11.0. The second kappa shape index (κ2) is 3.40. The zero-order valence-electron chi connectivity index (χ0n) is 8.87. The molecule has 1 heterocycles. The number of hydrogen-bond donors (Lipinski definition) is 0. The van der Waals surface area contributed by atoms with Gasteiger partial charge in [-0.2, -0.15) is 0 Å². The van der Waals surface area contributed by atoms with E-state index in [9.17, 15) is 0 Å². The molecule has 0 saturated carbocycles. The molecule has 0 aliphatic carbocycles. The number of aliphatic imine (C=N–C) groups is 1. The first-order valence-electron chi connectivity index (χ1n) is 4.51. The lowest BCUT2D eigenvalue weighted by Gasteiger charge is -2.30. The van der Waals surface area contributed by atoms with Crippen molar-refractivity contribution in [2.45, 2.75) is 26.8 Å². The molecule has 0 aromatic carbocycles. The highest BCUT2D eigenvalue weighted by molar-refractivity contribution is 5.77. The van der Waals surface area contributed by atoms with Gasteiger partial charge in [-0.1, -0.05) is 27.4 Å². The van der Waals surface area contributed by atoms with Gasteiger partial charge in [-0.3, -0.25) is 4.90 Å². The second-order valence-electron chi connectivity index (χ2n) is 4.29. The average Bonchev–Trinajstić information content (AvgIpc) is 2.45. The van der Waals surface area contributed by atoms with Gasteiger partial charge < -0.3 is 4.74 Å². The third-order valence-corrected chi connectivity index (χ3v) is 2.31. The van der Waals surface area contributed by atoms with E-state index in [1.54, 1.807) is 13.2 Å². The summed E-state index contributed by atoms with van der Waals surface area (Å²) in [5, 5.41) is 0. The topological polar surface area (TPSA) is 24.8 Å². The highest BCUT2D eigenvalue weighted by Crippen LogP contribution is 2.29. The van der Waals surface area contributed by atoms with Crippen LogP contribution in [0.1, 0.15) is 20.8 Å². The number of hydrogen-bond acceptors (Lipinski definition) is 2. The molecule has 0 bridgehead atoms. The van der Waals surface area contributed by atoms with Gasteiger partial charge in [0, 0.05) is 13.2 Å². The molecule has 74 valence electrons. The van der Waals surface area contributed by atoms with Crippen molar-refractivity contribution in [3.05, 3.63) is 12.8 Å². The third kappa shape index (κ3) is 1.85. The lowest BCUT2D eigenvalue weighted by molar-refractivity contribution is 0.201. The molecule has 1 fully saturated rings. The predicted molar refractivity (Wildman–Crippen MR) is 54.6 cm³/mol. The Hall–Kier alpha value is -0.990. The summed E-state index contributed by atoms with van der Waals surface area (Å²) in [7, 11) is 1.73. The van der Waals surface area contributed by atoms with Gasteiger partial charge in [-0.25, -0.2) is 4.99 Å². The molecule has 0 N–H and O–H groups in total. The SMILES string of the molecule is C=CN1C(=NC)OC[C@@H]1C(C)(C)C. The van der Waals surface area contributed by atoms with E-state index in [0.717, 1.165) is 0 Å². The first kappa shape index (κ1) is 10.1. The fourth-order valence-corrected chi connectivity index (χ4v) is 1.49. The largest absolute Gasteiger partial charge is 0.463 e. The summed E-state index contributed by atoms with van der Waals surface area (Å²) in [5.41, 5.74) is 0.181. The van der Waals surface area contributed by atoms with Crippen molar-refractivity contribution in [2.75, 3.05) is 13.7 Å². The minimum Gasteiger partial charge on any atom is -0.463 e. The Morgan fingerprint density at radius 3 is 2.62 bits per heavy atom. The minimum absolute atomic E-state index is 0.181. The molecule has 0 unspecified atom stereocenters. The van der Waals surface area contributed by atoms with Crippen LogP contribution < -0.4 is 0 Å². The molecule has 0 amide bonds. The van der Waals surface area contributed by atoms with Gasteiger partial charge in [0.1, 0.15) is 6.61 Å². The highest BCUT2D eigenvalue weighted by atomic mass is 16.5. The Morgan fingerprint density at radius 1 is 1.62 bits per heavy atom. The van der Waals surface area contributed by atoms with Gasteiger partial charge in [0.05, 0.1) is 6.04 Å². The third-order valence-electron chi connectivity index (χ3n) is 2.31. The van der Waals surface area contributed by atoms with Gasteiger partial charge >= 0.3 is 0 Å². The summed E-state index contributed by atoms with van der Waals surface area (Å²) < 4.78 is 5.45. The van der Waals surface area contributed by atoms with Gasteiger partial charge in [0.2, 0.25) is 0 Å². The fraction of sp³-hybridized carbons (Fsp3) is 0.700. The molecule has 0 radical (unpaired) electrons. The molecule has 1 rings (SSSR count). The van der Waals surface area contributed by atoms with Crippen LogP contribution in [0.3, 0.4) is 0 Å². The zero-order valence-corrected chi connectivity index (χ0v) is 8.87. The molecule has 3 nitrogen and oxygen atoms in total. The van der Waals surface area contributed by atoms with Gasteiger partial charge in [-0.15, -0.1) is 0 Å². The van der Waals surface area contributed by atoms with Crippen LogP contribution in [0.25, 0.3) is 0 Å². The van der Waals surface area contributed by atoms with Gasteiger partial charge in [-0.05, 0) is 5.41 Å². The molecule has 1 saturated heterocycles. The van der Waals surface area contributed by atoms with E-state index in [0.29, 0.717) is 18.7 Å². The van der Waals surface area contributed by atoms with E-state index in [-0.39, 0.29) is 5.41 Å². The average molecular weight is 182 g/mol. The predicted octanol–water partition coefficient (Wildman–Crippen LogP) is 1.86. The van der Waals surface area contributed by atoms with Crippen LogP contribution in [0, 0.1) is 5.41 Å². The van der Waals surface area contributed by atoms with Crippen molar-refractivity contribution in [1.29, 1.82) is 0 Å². The normalized spacial score (nSPS) is 26.3. The number of rotatable bonds is 1. The van der Waals surface area contributed by atoms with Crippen LogP contribution in [-0.4, -0.2) is 30.6 Å². The van der Waals surface area contributed by atoms with Crippen LogP contribution in [0.2, 0.25) is 0 Å². The van der Waals surface area contributed by atoms with Crippen LogP contribution in [0.15, 0.2) is 17.8 Å². The smallest absolute Gasteiger partial charge is 0.291 e. The summed E-state index contributed by atoms with van der Waals surface area (Å²) in [4.78, 5) is 6.05. The second-order valence-corrected chi connectivity index (χ2v) is 4.29. The van der Waals surface area contributed by atoms with Crippen LogP contribution in [0.4, 0.5) is 0 Å². The Labute approximate surface area is 80.1 Å². The van der Waals surface area contributed by atoms with E-state index in [2.05, 4.69) is 32.3 Å². The molecule has 1 aliphatic rings. The van der Waals surface area contributed by atoms with Crippen molar-refractivity contribution in [3.8, 4) is 0 Å². The summed E-state index contributed by atoms with van der Waals surface area (Å²) in [5.74, 6) is 0. The molecule has 13 heavy (non-hydrogen) atoms. The first-order chi connectivity index (χ1) is 6.00. The standard InChI is InChI=1S/C10H18N2O/c1-6-12-8(10(2,3)4)7-13-9(12)11-5/h6,8H,1,7H2,2-5H3/t8-/m1/s1. The lowest BCUT2D eigenvalue weighted by Crippen LogP contribution is -2.39. The molecule has 3 heteroatoms. The van der Waals surface area contributed by atoms with Crippen molar-refractivity contribution < 1.29 is 4.74 Å². The van der Waals surface area contributed by atoms with Crippen molar-refractivity contribution in [3.63, 3.8) is 0 Å². The highest BCUT2D eigenvalue weighted by Gasteiger charge is 2.37. The summed E-state index contributed by atoms with van der Waals surface area (Å²) in [6, 6.07) is 1.01. The Balaban J connectivity index is 2.86. The maximum atomic E-state index is 5.45. The Kier molecular flexibility index (Phi) is 2.64. The minimum atomic E-state index is 0.181. The maximum absolute atomic E-state index is 5.45. The van der Waals surface area contributed by atoms with E-state index < -0.39 is 0 Å². The van der Waals surface area contributed by atoms with Crippen molar-refractivity contribution >= 4 is 6.02 Å². The van der Waals surface area contributed by atoms with Crippen LogP contribution >= 0.6 is 0 Å². The van der Waals surface area contributed by atoms with Gasteiger partial charge in [0.25, 0.3) is 6.02 Å². The van der Waals surface area contributed by atoms with Crippen LogP contribution in [0.5, 0.6) is 0 Å². The van der Waals surface area contributed by atoms with Crippen molar-refractivity contribution in [2.24, 2.45) is 10.4 Å². The van der Waals surface area contributed by atoms with E-state index in [1.165, 1.54) is 0 Å². The van der Waals surface area contributed by atoms with E-state index in [1.807, 2.05) is 4.90 Å². The number of amidine groups is 1. The van der Waals surface area contributed by atoms with Crippen molar-refractivity contribution in [1.82, 2.24) is 4.90 Å². The first-order valence-corrected chi connectivity index (χ1v) is 4.51. The Bertz CT molecular complexity index is 228. The summed E-state index contributed by atoms with van der Waals surface area (Å²) in [6.07, 6.45) is 1.78. The van der Waals surface area contributed by atoms with E-state index in [4.69, 9.17) is 4.74 Å². The fourth-order valence-electron chi connectivity index (χ4n) is 1.49. The molecule has 1 aliphatic heterocycles. The molecular weight excluding hydrogens is 164 g/mol. The molecule has 0 spiro atoms. The van der Waals surface area contributed by atoms with Gasteiger partial charge in [0.15, 0.2) is 0 Å². The van der Waals surface area contributed by atoms with E-state index >= 15 is 0 Å². The molecule has 0 aromatic heterocycles. The number of nitrogens with zero attached hydrogens (tertiary/aromatic N) is 2. The summed E-state index contributed by atoms with van der Waals surface area (Å²) >= 11 is 0. The molecule has 1 atom stereocenters. The quantitative estimate of drug-likeness (QED) is 0.618. The lowest BCUT2D eigenvalue weighted by atomic mass is 9.87. The Morgan fingerprint density at radius 2 is 2.23 bits per heavy atom. The number of ether oxygens (including phenoxy) is 1. The monoisotopic (exact) mass is 182 g/mol.